The first-order valence-electron chi connectivity index (χ1n) is 12.8. The summed E-state index contributed by atoms with van der Waals surface area (Å²) in [5, 5.41) is 21.4. The highest BCUT2D eigenvalue weighted by Gasteiger charge is 2.42. The van der Waals surface area contributed by atoms with E-state index in [2.05, 4.69) is 25.9 Å². The number of aromatic nitrogens is 1. The number of amidine groups is 1. The minimum atomic E-state index is -5.33. The van der Waals surface area contributed by atoms with Gasteiger partial charge in [0.25, 0.3) is 11.6 Å². The van der Waals surface area contributed by atoms with Gasteiger partial charge in [-0.2, -0.15) is 13.2 Å². The SMILES string of the molecule is CCOc1cc(C(Nc2ccc(C(=N)N)c(OC(=O)C(F)(F)F)c2)C(=O)NNc2ccc([N+](=O)[O-])cn2)ccc1OC(C)C. The smallest absolute Gasteiger partial charge is 0.490 e. The number of nitrogens with zero attached hydrogens (tertiary/aromatic N) is 2. The summed E-state index contributed by atoms with van der Waals surface area (Å²) in [6.07, 6.45) is -4.55. The van der Waals surface area contributed by atoms with E-state index in [0.717, 1.165) is 18.3 Å². The molecule has 14 nitrogen and oxygen atoms in total. The fourth-order valence-electron chi connectivity index (χ4n) is 3.63. The summed E-state index contributed by atoms with van der Waals surface area (Å²) in [7, 11) is 0. The van der Waals surface area contributed by atoms with Gasteiger partial charge in [0.05, 0.1) is 23.2 Å². The van der Waals surface area contributed by atoms with Gasteiger partial charge in [-0.25, -0.2) is 9.78 Å². The van der Waals surface area contributed by atoms with Gasteiger partial charge >= 0.3 is 12.1 Å². The molecule has 0 bridgehead atoms. The van der Waals surface area contributed by atoms with Crippen molar-refractivity contribution < 1.29 is 41.9 Å². The van der Waals surface area contributed by atoms with E-state index in [-0.39, 0.29) is 35.5 Å². The standard InChI is InChI=1S/C27H28F3N7O7/c1-4-42-21-11-15(5-9-19(21)43-14(2)3)23(25(38)36-35-22-10-7-17(13-33-22)37(40)41)34-16-6-8-18(24(31)32)20(12-16)44-26(39)27(28,29)30/h5-14,23,34H,4H2,1-3H3,(H3,31,32)(H,33,35)(H,36,38). The lowest BCUT2D eigenvalue weighted by atomic mass is 10.0. The number of ether oxygens (including phenoxy) is 3. The molecular formula is C27H28F3N7O7. The molecule has 3 aromatic rings. The number of nitro groups is 1. The summed E-state index contributed by atoms with van der Waals surface area (Å²) >= 11 is 0. The summed E-state index contributed by atoms with van der Waals surface area (Å²) in [6.45, 7) is 5.63. The van der Waals surface area contributed by atoms with E-state index in [4.69, 9.17) is 20.6 Å². The van der Waals surface area contributed by atoms with Crippen LogP contribution in [-0.4, -0.2) is 46.5 Å². The molecule has 17 heteroatoms. The van der Waals surface area contributed by atoms with E-state index in [0.29, 0.717) is 17.1 Å². The third kappa shape index (κ3) is 8.70. The van der Waals surface area contributed by atoms with Gasteiger partial charge in [-0.3, -0.25) is 31.2 Å². The fourth-order valence-corrected chi connectivity index (χ4v) is 3.63. The molecule has 0 saturated heterocycles. The molecule has 1 unspecified atom stereocenters. The molecule has 0 spiro atoms. The van der Waals surface area contributed by atoms with E-state index in [1.54, 1.807) is 19.1 Å². The summed E-state index contributed by atoms with van der Waals surface area (Å²) in [5.41, 5.74) is 10.2. The van der Waals surface area contributed by atoms with Crippen LogP contribution in [0, 0.1) is 15.5 Å². The third-order valence-corrected chi connectivity index (χ3v) is 5.52. The topological polar surface area (TPSA) is 204 Å². The van der Waals surface area contributed by atoms with Crippen LogP contribution in [0.3, 0.4) is 0 Å². The number of carbonyl (C=O) groups is 2. The van der Waals surface area contributed by atoms with Crippen molar-refractivity contribution >= 4 is 34.9 Å². The van der Waals surface area contributed by atoms with Gasteiger partial charge in [-0.1, -0.05) is 6.07 Å². The van der Waals surface area contributed by atoms with Crippen LogP contribution in [0.2, 0.25) is 0 Å². The molecule has 1 heterocycles. The van der Waals surface area contributed by atoms with Gasteiger partial charge in [0.15, 0.2) is 11.5 Å². The Morgan fingerprint density at radius 2 is 1.82 bits per heavy atom. The molecule has 0 fully saturated rings. The van der Waals surface area contributed by atoms with Gasteiger partial charge in [0, 0.05) is 17.8 Å². The van der Waals surface area contributed by atoms with Crippen molar-refractivity contribution in [1.29, 1.82) is 5.41 Å². The predicted molar refractivity (Wildman–Crippen MR) is 152 cm³/mol. The average molecular weight is 620 g/mol. The predicted octanol–water partition coefficient (Wildman–Crippen LogP) is 4.22. The third-order valence-electron chi connectivity index (χ3n) is 5.52. The molecule has 1 aromatic heterocycles. The van der Waals surface area contributed by atoms with E-state index < -0.39 is 40.6 Å². The molecule has 234 valence electrons. The molecule has 2 aromatic carbocycles. The van der Waals surface area contributed by atoms with E-state index >= 15 is 0 Å². The lowest BCUT2D eigenvalue weighted by Gasteiger charge is -2.23. The number of esters is 1. The van der Waals surface area contributed by atoms with Crippen molar-refractivity contribution in [2.24, 2.45) is 5.73 Å². The first-order chi connectivity index (χ1) is 20.7. The maximum absolute atomic E-state index is 13.5. The second-order valence-corrected chi connectivity index (χ2v) is 9.17. The van der Waals surface area contributed by atoms with Crippen molar-refractivity contribution in [3.8, 4) is 17.2 Å². The number of benzene rings is 2. The summed E-state index contributed by atoms with van der Waals surface area (Å²) < 4.78 is 54.7. The van der Waals surface area contributed by atoms with E-state index in [1.807, 2.05) is 13.8 Å². The number of hydrazine groups is 1. The molecule has 1 amide bonds. The second-order valence-electron chi connectivity index (χ2n) is 9.17. The molecule has 3 rings (SSSR count). The Morgan fingerprint density at radius 1 is 1.09 bits per heavy atom. The van der Waals surface area contributed by atoms with Crippen LogP contribution in [0.4, 0.5) is 30.4 Å². The Balaban J connectivity index is 2.00. The minimum Gasteiger partial charge on any atom is -0.490 e. The fraction of sp³-hybridized carbons (Fsp3) is 0.259. The number of nitrogens with one attached hydrogen (secondary N) is 4. The zero-order valence-corrected chi connectivity index (χ0v) is 23.5. The quantitative estimate of drug-likeness (QED) is 0.0457. The summed E-state index contributed by atoms with van der Waals surface area (Å²) in [5.74, 6) is -3.86. The number of alkyl halides is 3. The van der Waals surface area contributed by atoms with Crippen molar-refractivity contribution in [1.82, 2.24) is 10.4 Å². The van der Waals surface area contributed by atoms with Gasteiger partial charge in [0.1, 0.15) is 29.6 Å². The summed E-state index contributed by atoms with van der Waals surface area (Å²) in [6, 6.07) is 9.23. The van der Waals surface area contributed by atoms with Crippen LogP contribution in [-0.2, 0) is 9.59 Å². The zero-order chi connectivity index (χ0) is 32.6. The normalized spacial score (nSPS) is 11.7. The number of pyridine rings is 1. The molecule has 0 aliphatic heterocycles. The van der Waals surface area contributed by atoms with E-state index in [9.17, 15) is 32.9 Å². The van der Waals surface area contributed by atoms with Crippen molar-refractivity contribution in [3.63, 3.8) is 0 Å². The molecule has 0 aliphatic carbocycles. The van der Waals surface area contributed by atoms with Crippen molar-refractivity contribution in [2.45, 2.75) is 39.1 Å². The number of rotatable bonds is 13. The number of halogens is 3. The lowest BCUT2D eigenvalue weighted by molar-refractivity contribution is -0.385. The number of amides is 1. The average Bonchev–Trinajstić information content (AvgIpc) is 2.95. The van der Waals surface area contributed by atoms with Crippen molar-refractivity contribution in [2.75, 3.05) is 17.3 Å². The number of hydrogen-bond donors (Lipinski definition) is 5. The summed E-state index contributed by atoms with van der Waals surface area (Å²) in [4.78, 5) is 39.1. The largest absolute Gasteiger partial charge is 0.491 e. The molecule has 44 heavy (non-hydrogen) atoms. The van der Waals surface area contributed by atoms with Crippen LogP contribution in [0.1, 0.15) is 37.9 Å². The Bertz CT molecular complexity index is 1530. The van der Waals surface area contributed by atoms with E-state index in [1.165, 1.54) is 24.3 Å². The maximum atomic E-state index is 13.5. The molecule has 6 N–H and O–H groups in total. The lowest BCUT2D eigenvalue weighted by Crippen LogP contribution is -2.37. The first kappa shape index (κ1) is 32.9. The molecule has 0 radical (unpaired) electrons. The van der Waals surface area contributed by atoms with Crippen LogP contribution < -0.4 is 36.1 Å². The number of carbonyl (C=O) groups excluding carboxylic acids is 2. The number of nitrogen functional groups attached to an aromatic ring is 1. The van der Waals surface area contributed by atoms with Gasteiger partial charge in [-0.05, 0) is 56.7 Å². The Labute approximate surface area is 248 Å². The molecule has 0 aliphatic rings. The van der Waals surface area contributed by atoms with Crippen molar-refractivity contribution in [3.05, 3.63) is 76.0 Å². The Morgan fingerprint density at radius 3 is 2.39 bits per heavy atom. The highest BCUT2D eigenvalue weighted by Crippen LogP contribution is 2.34. The van der Waals surface area contributed by atoms with Crippen LogP contribution in [0.25, 0.3) is 0 Å². The van der Waals surface area contributed by atoms with Gasteiger partial charge in [0.2, 0.25) is 0 Å². The van der Waals surface area contributed by atoms with Gasteiger partial charge < -0.3 is 25.3 Å². The van der Waals surface area contributed by atoms with Crippen LogP contribution in [0.15, 0.2) is 54.7 Å². The monoisotopic (exact) mass is 619 g/mol. The first-order valence-corrected chi connectivity index (χ1v) is 12.8. The second kappa shape index (κ2) is 14.0. The molecule has 0 saturated carbocycles. The molecular weight excluding hydrogens is 591 g/mol. The highest BCUT2D eigenvalue weighted by molar-refractivity contribution is 5.99. The van der Waals surface area contributed by atoms with Crippen LogP contribution in [0.5, 0.6) is 17.2 Å². The molecule has 1 atom stereocenters. The Hall–Kier alpha value is -5.61. The number of hydrogen-bond acceptors (Lipinski definition) is 11. The number of anilines is 2. The van der Waals surface area contributed by atoms with Crippen LogP contribution >= 0.6 is 0 Å². The maximum Gasteiger partial charge on any atom is 0.491 e. The Kier molecular flexibility index (Phi) is 10.5. The highest BCUT2D eigenvalue weighted by atomic mass is 19.4. The minimum absolute atomic E-state index is 0.00838. The number of nitrogens with two attached hydrogens (primary N) is 1. The zero-order valence-electron chi connectivity index (χ0n) is 23.5. The van der Waals surface area contributed by atoms with Gasteiger partial charge in [-0.15, -0.1) is 0 Å².